The standard InChI is InChI=1S/C29H19NS.C13H16.C13H14.C8H10.C7H9N.C5H8.C3H8.C2H6/c1-17-6-4-7-18(14-17)19-12-13-21-24-16-23-20-8-2-3-10-25(20)30-26-11-5-9-22(28(23)26)29(24)31-27(21)15-19;2*1-11-7-9-13(10-8-11)12-5-3-2-4-6-12;1-7-5-3-4-6-8(7)2;1-6-2-4-7(8)5-3-6;1-3-5-4-2;1-3-2;1-2/h2-16,30H,1H3;2-3,5,7,9H,4,6,8,10H2,1H3;3,5-10H,2,4H2,1H3;3-6H,1-2H3;2-5H,8H2,1H3;3-5H,1H2,2H3;3H2,1-2H3;1-2H3/b;;;;;5-4-;;. The number of aryl methyl sites for hydroxylation is 5. The number of nitrogens with one attached hydrogen (secondary N) is 1. The summed E-state index contributed by atoms with van der Waals surface area (Å²) in [7, 11) is 0. The molecule has 0 bridgehead atoms. The summed E-state index contributed by atoms with van der Waals surface area (Å²) in [4.78, 5) is 0. The van der Waals surface area contributed by atoms with Crippen molar-refractivity contribution in [3.63, 3.8) is 0 Å². The van der Waals surface area contributed by atoms with E-state index in [-0.39, 0.29) is 0 Å². The Morgan fingerprint density at radius 2 is 1.18 bits per heavy atom. The van der Waals surface area contributed by atoms with Crippen molar-refractivity contribution in [2.24, 2.45) is 0 Å². The zero-order valence-corrected chi connectivity index (χ0v) is 52.4. The molecule has 3 N–H and O–H groups in total. The van der Waals surface area contributed by atoms with Gasteiger partial charge in [-0.05, 0) is 173 Å². The van der Waals surface area contributed by atoms with Crippen molar-refractivity contribution in [1.29, 1.82) is 0 Å². The van der Waals surface area contributed by atoms with Gasteiger partial charge in [-0.2, -0.15) is 0 Å². The molecule has 0 fully saturated rings. The lowest BCUT2D eigenvalue weighted by Crippen LogP contribution is -2.00. The van der Waals surface area contributed by atoms with E-state index in [0.717, 1.165) is 5.69 Å². The third-order valence-corrected chi connectivity index (χ3v) is 15.6. The third kappa shape index (κ3) is 18.6. The number of rotatable bonds is 4. The zero-order chi connectivity index (χ0) is 59.5. The average molecular weight is 1110 g/mol. The summed E-state index contributed by atoms with van der Waals surface area (Å²) in [5, 5.41) is 9.01. The van der Waals surface area contributed by atoms with E-state index in [9.17, 15) is 0 Å². The van der Waals surface area contributed by atoms with Crippen molar-refractivity contribution in [3.8, 4) is 22.3 Å². The Labute approximate surface area is 503 Å². The molecule has 4 aliphatic rings. The van der Waals surface area contributed by atoms with Gasteiger partial charge in [0.15, 0.2) is 0 Å². The number of allylic oxidation sites excluding steroid dienone is 15. The van der Waals surface area contributed by atoms with Gasteiger partial charge in [0.25, 0.3) is 0 Å². The number of anilines is 3. The smallest absolute Gasteiger partial charge is 0.0470 e. The van der Waals surface area contributed by atoms with Crippen LogP contribution in [0.5, 0.6) is 0 Å². The van der Waals surface area contributed by atoms with Gasteiger partial charge in [0.05, 0.1) is 0 Å². The van der Waals surface area contributed by atoms with Gasteiger partial charge in [-0.1, -0.05) is 257 Å². The van der Waals surface area contributed by atoms with Gasteiger partial charge in [-0.3, -0.25) is 0 Å². The van der Waals surface area contributed by atoms with Gasteiger partial charge < -0.3 is 11.1 Å². The minimum Gasteiger partial charge on any atom is -0.399 e. The molecule has 3 heteroatoms. The maximum atomic E-state index is 5.43. The van der Waals surface area contributed by atoms with E-state index in [1.165, 1.54) is 154 Å². The predicted molar refractivity (Wildman–Crippen MR) is 375 cm³/mol. The van der Waals surface area contributed by atoms with E-state index in [2.05, 4.69) is 248 Å². The van der Waals surface area contributed by atoms with Crippen LogP contribution in [0.25, 0.3) is 58.8 Å². The Morgan fingerprint density at radius 3 is 1.77 bits per heavy atom. The zero-order valence-electron chi connectivity index (χ0n) is 51.6. The van der Waals surface area contributed by atoms with Crippen LogP contribution in [0.2, 0.25) is 0 Å². The van der Waals surface area contributed by atoms with Crippen molar-refractivity contribution in [3.05, 3.63) is 287 Å². The van der Waals surface area contributed by atoms with E-state index < -0.39 is 0 Å². The van der Waals surface area contributed by atoms with Crippen LogP contribution in [0.15, 0.2) is 254 Å². The highest BCUT2D eigenvalue weighted by Gasteiger charge is 2.21. The Morgan fingerprint density at radius 1 is 0.542 bits per heavy atom. The van der Waals surface area contributed by atoms with Crippen LogP contribution in [0.4, 0.5) is 17.1 Å². The fraction of sp³-hybridized carbons (Fsp3) is 0.225. The van der Waals surface area contributed by atoms with Crippen molar-refractivity contribution < 1.29 is 0 Å². The molecule has 0 amide bonds. The van der Waals surface area contributed by atoms with Crippen LogP contribution in [-0.4, -0.2) is 0 Å². The molecule has 2 nitrogen and oxygen atoms in total. The summed E-state index contributed by atoms with van der Waals surface area (Å²) < 4.78 is 2.72. The molecule has 3 aliphatic carbocycles. The minimum atomic E-state index is 0.829. The van der Waals surface area contributed by atoms with E-state index in [1.54, 1.807) is 17.2 Å². The van der Waals surface area contributed by atoms with E-state index in [4.69, 9.17) is 5.73 Å². The number of hydrogen-bond donors (Lipinski definition) is 2. The number of nitrogens with two attached hydrogens (primary N) is 1. The molecule has 8 aromatic carbocycles. The largest absolute Gasteiger partial charge is 0.399 e. The van der Waals surface area contributed by atoms with Gasteiger partial charge in [0.2, 0.25) is 0 Å². The maximum Gasteiger partial charge on any atom is 0.0470 e. The molecule has 83 heavy (non-hydrogen) atoms. The van der Waals surface area contributed by atoms with Crippen LogP contribution < -0.4 is 11.1 Å². The van der Waals surface area contributed by atoms with E-state index in [0.29, 0.717) is 0 Å². The summed E-state index contributed by atoms with van der Waals surface area (Å²) in [5.41, 5.74) is 27.7. The molecule has 0 atom stereocenters. The highest BCUT2D eigenvalue weighted by molar-refractivity contribution is 7.26. The first-order valence-corrected chi connectivity index (χ1v) is 30.8. The van der Waals surface area contributed by atoms with Crippen LogP contribution in [0.3, 0.4) is 0 Å². The number of fused-ring (bicyclic) bond motifs is 6. The second kappa shape index (κ2) is 33.6. The van der Waals surface area contributed by atoms with Crippen LogP contribution in [-0.2, 0) is 0 Å². The fourth-order valence-corrected chi connectivity index (χ4v) is 11.1. The van der Waals surface area contributed by atoms with Gasteiger partial charge >= 0.3 is 0 Å². The molecule has 0 saturated heterocycles. The quantitative estimate of drug-likeness (QED) is 0.136. The summed E-state index contributed by atoms with van der Waals surface area (Å²) >= 11 is 1.91. The normalized spacial score (nSPS) is 13.1. The van der Waals surface area contributed by atoms with Crippen molar-refractivity contribution in [2.45, 2.75) is 121 Å². The summed E-state index contributed by atoms with van der Waals surface area (Å²) in [6, 6.07) is 58.2. The van der Waals surface area contributed by atoms with Gasteiger partial charge in [-0.15, -0.1) is 11.3 Å². The monoisotopic (exact) mass is 1110 g/mol. The molecule has 13 rings (SSSR count). The lowest BCUT2D eigenvalue weighted by Gasteiger charge is -2.22. The molecule has 9 aromatic rings. The molecule has 0 unspecified atom stereocenters. The Bertz CT molecular complexity index is 3710. The average Bonchev–Trinajstić information content (AvgIpc) is 2.23. The Kier molecular flexibility index (Phi) is 25.9. The molecular formula is C80H90N2S. The molecule has 0 radical (unpaired) electrons. The van der Waals surface area contributed by atoms with Crippen molar-refractivity contribution in [2.75, 3.05) is 11.1 Å². The SMILES string of the molecule is C=C/C=C\C.CC.CC1=CC=C(C2=CC=CCC2)CC1.CCC.Cc1ccc(C2=CCCC=C2)cc1.Cc1ccc(N)cc1.Cc1cccc(-c2ccc3c(c2)sc2c4cccc5c4c(cc32)-c2ccccc2N5)c1.Cc1ccccc1C. The molecule has 0 saturated carbocycles. The lowest BCUT2D eigenvalue weighted by atomic mass is 9.90. The van der Waals surface area contributed by atoms with Crippen molar-refractivity contribution >= 4 is 64.9 Å². The lowest BCUT2D eigenvalue weighted by molar-refractivity contribution is 0.870. The molecule has 2 heterocycles. The molecule has 1 aromatic heterocycles. The predicted octanol–water partition coefficient (Wildman–Crippen LogP) is 24.6. The topological polar surface area (TPSA) is 38.0 Å². The van der Waals surface area contributed by atoms with Gasteiger partial charge in [0.1, 0.15) is 0 Å². The minimum absolute atomic E-state index is 0.829. The number of para-hydroxylation sites is 1. The summed E-state index contributed by atoms with van der Waals surface area (Å²) in [6.45, 7) is 26.4. The molecular weight excluding hydrogens is 1020 g/mol. The van der Waals surface area contributed by atoms with E-state index in [1.807, 2.05) is 75.4 Å². The fourth-order valence-electron chi connectivity index (χ4n) is 9.82. The molecule has 0 spiro atoms. The second-order valence-electron chi connectivity index (χ2n) is 21.2. The Hall–Kier alpha value is -8.24. The maximum absolute atomic E-state index is 5.43. The Balaban J connectivity index is 0.000000178. The van der Waals surface area contributed by atoms with Gasteiger partial charge in [0, 0.05) is 53.6 Å². The van der Waals surface area contributed by atoms with Crippen molar-refractivity contribution in [1.82, 2.24) is 0 Å². The number of hydrogen-bond acceptors (Lipinski definition) is 3. The van der Waals surface area contributed by atoms with Crippen LogP contribution in [0, 0.1) is 34.6 Å². The van der Waals surface area contributed by atoms with E-state index >= 15 is 0 Å². The number of thiophene rings is 1. The highest BCUT2D eigenvalue weighted by Crippen LogP contribution is 2.49. The first kappa shape index (κ1) is 63.9. The first-order chi connectivity index (χ1) is 40.4. The highest BCUT2D eigenvalue weighted by atomic mass is 32.1. The summed E-state index contributed by atoms with van der Waals surface area (Å²) in [6.07, 6.45) is 32.1. The second-order valence-corrected chi connectivity index (χ2v) is 22.3. The van der Waals surface area contributed by atoms with Crippen LogP contribution >= 0.6 is 11.3 Å². The first-order valence-electron chi connectivity index (χ1n) is 30.0. The molecule has 426 valence electrons. The molecule has 1 aliphatic heterocycles. The number of nitrogen functional groups attached to an aromatic ring is 1. The third-order valence-electron chi connectivity index (χ3n) is 14.4. The van der Waals surface area contributed by atoms with Gasteiger partial charge in [-0.25, -0.2) is 0 Å². The summed E-state index contributed by atoms with van der Waals surface area (Å²) in [5.74, 6) is 0. The van der Waals surface area contributed by atoms with Crippen LogP contribution in [0.1, 0.15) is 120 Å². The number of benzene rings is 8.